The molecule has 0 fully saturated rings. The maximum absolute atomic E-state index is 6.76. The fraction of sp³-hybridized carbons (Fsp3) is 0.857. The van der Waals surface area contributed by atoms with Crippen molar-refractivity contribution in [2.45, 2.75) is 155 Å². The Morgan fingerprint density at radius 1 is 0.379 bits per heavy atom. The van der Waals surface area contributed by atoms with Crippen LogP contribution in [0.1, 0.15) is 155 Å². The van der Waals surface area contributed by atoms with Gasteiger partial charge >= 0.3 is 16.5 Å². The van der Waals surface area contributed by atoms with E-state index in [0.717, 1.165) is 12.8 Å². The van der Waals surface area contributed by atoms with Crippen molar-refractivity contribution in [1.82, 2.24) is 0 Å². The molecular formula is C28H50Ni. The van der Waals surface area contributed by atoms with Gasteiger partial charge < -0.3 is 24.7 Å². The molecule has 0 aromatic heterocycles. The van der Waals surface area contributed by atoms with Crippen LogP contribution in [0.4, 0.5) is 0 Å². The second kappa shape index (κ2) is 35.1. The summed E-state index contributed by atoms with van der Waals surface area (Å²) < 4.78 is 0. The van der Waals surface area contributed by atoms with Crippen molar-refractivity contribution in [3.05, 3.63) is 12.8 Å². The predicted molar refractivity (Wildman–Crippen MR) is 127 cm³/mol. The van der Waals surface area contributed by atoms with E-state index >= 15 is 0 Å². The van der Waals surface area contributed by atoms with Gasteiger partial charge in [0.1, 0.15) is 0 Å². The molecule has 0 rings (SSSR count). The number of rotatable bonds is 20. The molecule has 0 aliphatic heterocycles. The third kappa shape index (κ3) is 38.8. The smallest absolute Gasteiger partial charge is 0.694 e. The predicted octanol–water partition coefficient (Wildman–Crippen LogP) is 9.77. The van der Waals surface area contributed by atoms with Crippen LogP contribution in [0.25, 0.3) is 0 Å². The van der Waals surface area contributed by atoms with Crippen molar-refractivity contribution in [1.29, 1.82) is 0 Å². The molecule has 0 N–H and O–H groups in total. The zero-order valence-corrected chi connectivity index (χ0v) is 20.9. The van der Waals surface area contributed by atoms with Crippen LogP contribution >= 0.6 is 0 Å². The van der Waals surface area contributed by atoms with E-state index in [4.69, 9.17) is 12.8 Å². The van der Waals surface area contributed by atoms with Gasteiger partial charge in [0.05, 0.1) is 0 Å². The molecule has 0 saturated carbocycles. The summed E-state index contributed by atoms with van der Waals surface area (Å²) in [5.41, 5.74) is 0. The summed E-state index contributed by atoms with van der Waals surface area (Å²) >= 11 is 0. The molecule has 0 radical (unpaired) electrons. The van der Waals surface area contributed by atoms with Gasteiger partial charge in [-0.3, -0.25) is 0 Å². The zero-order chi connectivity index (χ0) is 21.0. The second-order valence-electron chi connectivity index (χ2n) is 8.22. The molecule has 0 nitrogen and oxygen atoms in total. The molecule has 0 aliphatic rings. The summed E-state index contributed by atoms with van der Waals surface area (Å²) in [7, 11) is 0. The van der Waals surface area contributed by atoms with Gasteiger partial charge in [-0.2, -0.15) is 0 Å². The van der Waals surface area contributed by atoms with Gasteiger partial charge in [-0.15, -0.1) is 0 Å². The zero-order valence-electron chi connectivity index (χ0n) is 19.9. The van der Waals surface area contributed by atoms with E-state index in [-0.39, 0.29) is 16.5 Å². The van der Waals surface area contributed by atoms with E-state index in [9.17, 15) is 0 Å². The molecule has 1 heteroatoms. The molecule has 29 heavy (non-hydrogen) atoms. The molecule has 0 amide bonds. The van der Waals surface area contributed by atoms with Gasteiger partial charge in [-0.1, -0.05) is 129 Å². The summed E-state index contributed by atoms with van der Waals surface area (Å²) in [4.78, 5) is 0. The van der Waals surface area contributed by atoms with E-state index in [1.54, 1.807) is 0 Å². The number of unbranched alkanes of at least 4 members (excludes halogenated alkanes) is 20. The molecule has 0 saturated heterocycles. The third-order valence-electron chi connectivity index (χ3n) is 5.31. The summed E-state index contributed by atoms with van der Waals surface area (Å²) in [6.07, 6.45) is 42.6. The van der Waals surface area contributed by atoms with Crippen molar-refractivity contribution in [2.75, 3.05) is 0 Å². The molecule has 0 unspecified atom stereocenters. The Kier molecular flexibility index (Phi) is 40.2. The van der Waals surface area contributed by atoms with Gasteiger partial charge in [-0.25, -0.2) is 0 Å². The van der Waals surface area contributed by atoms with Crippen LogP contribution in [0, 0.1) is 24.7 Å². The van der Waals surface area contributed by atoms with Crippen LogP contribution in [-0.4, -0.2) is 0 Å². The first-order valence-electron chi connectivity index (χ1n) is 12.6. The Morgan fingerprint density at radius 3 is 0.793 bits per heavy atom. The van der Waals surface area contributed by atoms with Gasteiger partial charge in [-0.05, 0) is 25.7 Å². The van der Waals surface area contributed by atoms with E-state index < -0.39 is 0 Å². The molecule has 0 aromatic carbocycles. The van der Waals surface area contributed by atoms with Gasteiger partial charge in [0.25, 0.3) is 0 Å². The molecule has 0 heterocycles. The first-order chi connectivity index (χ1) is 13.8. The minimum absolute atomic E-state index is 0. The molecule has 0 spiro atoms. The van der Waals surface area contributed by atoms with E-state index in [1.165, 1.54) is 128 Å². The van der Waals surface area contributed by atoms with Crippen LogP contribution in [0.3, 0.4) is 0 Å². The minimum Gasteiger partial charge on any atom is -0.694 e. The maximum Gasteiger partial charge on any atom is 2.00 e. The van der Waals surface area contributed by atoms with Gasteiger partial charge in [0.15, 0.2) is 0 Å². The molecule has 0 bridgehead atoms. The molecule has 0 aliphatic carbocycles. The summed E-state index contributed by atoms with van der Waals surface area (Å²) in [6, 6.07) is 0. The molecule has 172 valence electrons. The van der Waals surface area contributed by atoms with Crippen LogP contribution < -0.4 is 0 Å². The normalized spacial score (nSPS) is 9.66. The van der Waals surface area contributed by atoms with E-state index in [2.05, 4.69) is 25.7 Å². The van der Waals surface area contributed by atoms with Crippen molar-refractivity contribution in [3.8, 4) is 11.8 Å². The average molecular weight is 445 g/mol. The fourth-order valence-corrected chi connectivity index (χ4v) is 3.40. The SMILES string of the molecule is [C-]#CCCCCCCCCCCCC.[C-]#CCCCCCCCCCCCC.[Ni+2]. The van der Waals surface area contributed by atoms with Crippen LogP contribution in [-0.2, 0) is 16.5 Å². The molecular weight excluding hydrogens is 395 g/mol. The van der Waals surface area contributed by atoms with Crippen LogP contribution in [0.15, 0.2) is 0 Å². The number of hydrogen-bond donors (Lipinski definition) is 0. The number of hydrogen-bond acceptors (Lipinski definition) is 0. The largest absolute Gasteiger partial charge is 2.00 e. The Morgan fingerprint density at radius 2 is 0.586 bits per heavy atom. The van der Waals surface area contributed by atoms with Crippen LogP contribution in [0.2, 0.25) is 0 Å². The summed E-state index contributed by atoms with van der Waals surface area (Å²) in [5.74, 6) is 4.89. The first kappa shape index (κ1) is 33.3. The Balaban J connectivity index is -0.000000451. The first-order valence-corrected chi connectivity index (χ1v) is 12.6. The van der Waals surface area contributed by atoms with Crippen molar-refractivity contribution in [2.24, 2.45) is 0 Å². The van der Waals surface area contributed by atoms with Crippen molar-refractivity contribution >= 4 is 0 Å². The van der Waals surface area contributed by atoms with Crippen LogP contribution in [0.5, 0.6) is 0 Å². The van der Waals surface area contributed by atoms with Gasteiger partial charge in [0, 0.05) is 0 Å². The summed E-state index contributed by atoms with van der Waals surface area (Å²) in [6.45, 7) is 4.53. The maximum atomic E-state index is 6.76. The monoisotopic (exact) mass is 444 g/mol. The quantitative estimate of drug-likeness (QED) is 0.0757. The third-order valence-corrected chi connectivity index (χ3v) is 5.31. The Bertz CT molecular complexity index is 299. The Hall–Kier alpha value is -0.386. The second-order valence-corrected chi connectivity index (χ2v) is 8.22. The average Bonchev–Trinajstić information content (AvgIpc) is 2.71. The minimum atomic E-state index is 0. The molecule has 0 atom stereocenters. The fourth-order valence-electron chi connectivity index (χ4n) is 3.40. The Labute approximate surface area is 196 Å². The van der Waals surface area contributed by atoms with E-state index in [1.807, 2.05) is 0 Å². The van der Waals surface area contributed by atoms with Gasteiger partial charge in [0.2, 0.25) is 0 Å². The topological polar surface area (TPSA) is 0 Å². The van der Waals surface area contributed by atoms with E-state index in [0.29, 0.717) is 0 Å². The molecule has 0 aromatic rings. The van der Waals surface area contributed by atoms with Crippen molar-refractivity contribution < 1.29 is 16.5 Å². The van der Waals surface area contributed by atoms with Crippen molar-refractivity contribution in [3.63, 3.8) is 0 Å². The summed E-state index contributed by atoms with van der Waals surface area (Å²) in [5, 5.41) is 0. The standard InChI is InChI=1S/2C14H25.Ni/c2*1-3-5-7-9-11-13-14-12-10-8-6-4-2;/h2*3,5-14H2,1H3;/q2*-1;+2.